The van der Waals surface area contributed by atoms with Crippen molar-refractivity contribution in [3.8, 4) is 10.4 Å². The molecule has 0 radical (unpaired) electrons. The van der Waals surface area contributed by atoms with E-state index in [0.29, 0.717) is 22.1 Å². The number of nitrogens with two attached hydrogens (primary N) is 2. The zero-order valence-corrected chi connectivity index (χ0v) is 13.0. The predicted molar refractivity (Wildman–Crippen MR) is 95.4 cm³/mol. The molecule has 0 aliphatic heterocycles. The molecule has 0 spiro atoms. The van der Waals surface area contributed by atoms with Crippen LogP contribution in [0.15, 0.2) is 65.8 Å². The Kier molecular flexibility index (Phi) is 4.16. The Hall–Kier alpha value is -2.99. The monoisotopic (exact) mass is 321 g/mol. The normalized spacial score (nSPS) is 11.4. The zero-order valence-electron chi connectivity index (χ0n) is 12.2. The van der Waals surface area contributed by atoms with Crippen molar-refractivity contribution in [2.75, 3.05) is 0 Å². The first-order chi connectivity index (χ1) is 11.1. The fourth-order valence-electron chi connectivity index (χ4n) is 2.16. The van der Waals surface area contributed by atoms with E-state index in [-0.39, 0.29) is 5.84 Å². The Morgan fingerprint density at radius 2 is 1.61 bits per heavy atom. The largest absolute Gasteiger partial charge is 0.384 e. The molecule has 2 aromatic carbocycles. The Balaban J connectivity index is 1.94. The van der Waals surface area contributed by atoms with Crippen LogP contribution >= 0.6 is 11.3 Å². The summed E-state index contributed by atoms with van der Waals surface area (Å²) in [5.41, 5.74) is 14.0. The van der Waals surface area contributed by atoms with Gasteiger partial charge in [0.2, 0.25) is 5.13 Å². The van der Waals surface area contributed by atoms with Crippen molar-refractivity contribution in [2.45, 2.75) is 0 Å². The van der Waals surface area contributed by atoms with Crippen LogP contribution in [0.4, 0.5) is 5.13 Å². The van der Waals surface area contributed by atoms with Crippen LogP contribution in [-0.2, 0) is 0 Å². The van der Waals surface area contributed by atoms with E-state index in [1.54, 1.807) is 18.3 Å². The summed E-state index contributed by atoms with van der Waals surface area (Å²) < 4.78 is 0. The minimum atomic E-state index is -0.0390. The molecular weight excluding hydrogens is 306 g/mol. The van der Waals surface area contributed by atoms with Gasteiger partial charge in [0.05, 0.1) is 4.88 Å². The van der Waals surface area contributed by atoms with E-state index in [1.807, 2.05) is 42.5 Å². The molecule has 0 saturated carbocycles. The van der Waals surface area contributed by atoms with Gasteiger partial charge < -0.3 is 11.5 Å². The average Bonchev–Trinajstić information content (AvgIpc) is 3.04. The summed E-state index contributed by atoms with van der Waals surface area (Å²) in [6.07, 6.45) is 1.78. The Morgan fingerprint density at radius 3 is 2.30 bits per heavy atom. The van der Waals surface area contributed by atoms with Crippen LogP contribution in [-0.4, -0.2) is 16.7 Å². The highest BCUT2D eigenvalue weighted by Gasteiger charge is 2.09. The van der Waals surface area contributed by atoms with Crippen molar-refractivity contribution >= 4 is 28.1 Å². The minimum Gasteiger partial charge on any atom is -0.384 e. The van der Waals surface area contributed by atoms with Gasteiger partial charge in [-0.25, -0.2) is 9.98 Å². The number of nitrogens with zero attached hydrogens (tertiary/aromatic N) is 2. The molecule has 1 heterocycles. The molecule has 0 saturated heterocycles. The smallest absolute Gasteiger partial charge is 0.211 e. The lowest BCUT2D eigenvalue weighted by molar-refractivity contribution is 1.33. The molecule has 5 N–H and O–H groups in total. The van der Waals surface area contributed by atoms with Gasteiger partial charge in [-0.2, -0.15) is 0 Å². The maximum absolute atomic E-state index is 7.62. The summed E-state index contributed by atoms with van der Waals surface area (Å²) in [5.74, 6) is 0.257. The van der Waals surface area contributed by atoms with E-state index in [2.05, 4.69) is 9.98 Å². The topological polar surface area (TPSA) is 101 Å². The minimum absolute atomic E-state index is 0.0390. The molecule has 3 rings (SSSR count). The summed E-state index contributed by atoms with van der Waals surface area (Å²) in [7, 11) is 0. The number of benzene rings is 2. The van der Waals surface area contributed by atoms with Gasteiger partial charge in [0, 0.05) is 17.3 Å². The van der Waals surface area contributed by atoms with Gasteiger partial charge in [-0.3, -0.25) is 5.41 Å². The van der Waals surface area contributed by atoms with Crippen LogP contribution in [0, 0.1) is 5.41 Å². The average molecular weight is 321 g/mol. The number of thiazole rings is 1. The molecule has 0 unspecified atom stereocenters. The lowest BCUT2D eigenvalue weighted by Crippen LogP contribution is -2.21. The molecule has 0 bridgehead atoms. The van der Waals surface area contributed by atoms with E-state index in [4.69, 9.17) is 16.9 Å². The molecule has 0 atom stereocenters. The Bertz CT molecular complexity index is 867. The molecule has 0 fully saturated rings. The number of aromatic nitrogens is 1. The first-order valence-electron chi connectivity index (χ1n) is 6.94. The van der Waals surface area contributed by atoms with Crippen molar-refractivity contribution in [2.24, 2.45) is 16.5 Å². The van der Waals surface area contributed by atoms with E-state index in [1.165, 1.54) is 11.3 Å². The second kappa shape index (κ2) is 6.41. The molecule has 6 heteroatoms. The molecule has 1 aromatic heterocycles. The molecule has 23 heavy (non-hydrogen) atoms. The Labute approximate surface area is 137 Å². The number of amidine groups is 2. The fraction of sp³-hybridized carbons (Fsp3) is 0. The van der Waals surface area contributed by atoms with Crippen molar-refractivity contribution in [3.05, 3.63) is 71.9 Å². The number of nitrogen functional groups attached to an aromatic ring is 1. The van der Waals surface area contributed by atoms with E-state index < -0.39 is 0 Å². The SMILES string of the molecule is N=C(N)c1ccccc1/C(N)=N/c1ncc(-c2ccccc2)s1. The summed E-state index contributed by atoms with van der Waals surface area (Å²) in [6.45, 7) is 0. The Morgan fingerprint density at radius 1 is 0.957 bits per heavy atom. The van der Waals surface area contributed by atoms with Crippen LogP contribution in [0.5, 0.6) is 0 Å². The highest BCUT2D eigenvalue weighted by Crippen LogP contribution is 2.30. The van der Waals surface area contributed by atoms with Gasteiger partial charge in [-0.15, -0.1) is 0 Å². The maximum Gasteiger partial charge on any atom is 0.211 e. The number of hydrogen-bond donors (Lipinski definition) is 3. The van der Waals surface area contributed by atoms with E-state index >= 15 is 0 Å². The van der Waals surface area contributed by atoms with Gasteiger partial charge in [-0.1, -0.05) is 65.9 Å². The zero-order chi connectivity index (χ0) is 16.2. The van der Waals surface area contributed by atoms with E-state index in [9.17, 15) is 0 Å². The van der Waals surface area contributed by atoms with Gasteiger partial charge in [0.15, 0.2) is 0 Å². The van der Waals surface area contributed by atoms with Crippen LogP contribution in [0.1, 0.15) is 11.1 Å². The van der Waals surface area contributed by atoms with Crippen molar-refractivity contribution < 1.29 is 0 Å². The second-order valence-electron chi connectivity index (χ2n) is 4.83. The van der Waals surface area contributed by atoms with Crippen LogP contribution < -0.4 is 11.5 Å². The number of hydrogen-bond acceptors (Lipinski definition) is 4. The summed E-state index contributed by atoms with van der Waals surface area (Å²) >= 11 is 1.46. The summed E-state index contributed by atoms with van der Waals surface area (Å²) in [4.78, 5) is 9.69. The number of nitrogens with one attached hydrogen (secondary N) is 1. The third kappa shape index (κ3) is 3.27. The van der Waals surface area contributed by atoms with Crippen LogP contribution in [0.25, 0.3) is 10.4 Å². The summed E-state index contributed by atoms with van der Waals surface area (Å²) in [6, 6.07) is 17.2. The van der Waals surface area contributed by atoms with Gasteiger partial charge >= 0.3 is 0 Å². The third-order valence-electron chi connectivity index (χ3n) is 3.26. The molecular formula is C17H15N5S. The lowest BCUT2D eigenvalue weighted by atomic mass is 10.1. The van der Waals surface area contributed by atoms with Crippen molar-refractivity contribution in [1.82, 2.24) is 4.98 Å². The molecule has 5 nitrogen and oxygen atoms in total. The fourth-order valence-corrected chi connectivity index (χ4v) is 2.96. The molecule has 114 valence electrons. The highest BCUT2D eigenvalue weighted by atomic mass is 32.1. The third-order valence-corrected chi connectivity index (χ3v) is 4.20. The van der Waals surface area contributed by atoms with Crippen molar-refractivity contribution in [1.29, 1.82) is 5.41 Å². The first kappa shape index (κ1) is 14.9. The first-order valence-corrected chi connectivity index (χ1v) is 7.76. The lowest BCUT2D eigenvalue weighted by Gasteiger charge is -2.06. The van der Waals surface area contributed by atoms with Crippen molar-refractivity contribution in [3.63, 3.8) is 0 Å². The molecule has 0 aliphatic rings. The number of aliphatic imine (C=N–C) groups is 1. The van der Waals surface area contributed by atoms with Gasteiger partial charge in [-0.05, 0) is 5.56 Å². The van der Waals surface area contributed by atoms with Gasteiger partial charge in [0.1, 0.15) is 11.7 Å². The van der Waals surface area contributed by atoms with Gasteiger partial charge in [0.25, 0.3) is 0 Å². The summed E-state index contributed by atoms with van der Waals surface area (Å²) in [5, 5.41) is 8.19. The van der Waals surface area contributed by atoms with E-state index in [0.717, 1.165) is 10.4 Å². The standard InChI is InChI=1S/C17H15N5S/c18-15(19)12-8-4-5-9-13(12)16(20)22-17-21-10-14(23-17)11-6-2-1-3-7-11/h1-10H,(H3,18,19)(H2,20,21,22). The quantitative estimate of drug-likeness (QED) is 0.508. The predicted octanol–water partition coefficient (Wildman–Crippen LogP) is 3.13. The number of rotatable bonds is 4. The highest BCUT2D eigenvalue weighted by molar-refractivity contribution is 7.18. The van der Waals surface area contributed by atoms with Crippen LogP contribution in [0.3, 0.4) is 0 Å². The molecule has 3 aromatic rings. The molecule has 0 aliphatic carbocycles. The van der Waals surface area contributed by atoms with Crippen LogP contribution in [0.2, 0.25) is 0 Å². The second-order valence-corrected chi connectivity index (χ2v) is 5.84. The maximum atomic E-state index is 7.62. The molecule has 0 amide bonds.